The number of hydrogen-bond donors (Lipinski definition) is 0. The molecule has 2 heterocycles. The minimum atomic E-state index is -0.640. The van der Waals surface area contributed by atoms with Crippen molar-refractivity contribution in [2.45, 2.75) is 50.6 Å². The lowest BCUT2D eigenvalue weighted by Crippen LogP contribution is -2.54. The molecule has 3 aliphatic rings. The Bertz CT molecular complexity index is 201. The summed E-state index contributed by atoms with van der Waals surface area (Å²) in [5.41, 5.74) is 0. The van der Waals surface area contributed by atoms with E-state index in [0.29, 0.717) is 23.4 Å². The molecule has 2 bridgehead atoms. The molecular weight excluding hydrogens is 184 g/mol. The largest absolute Gasteiger partial charge is 0.374 e. The topological polar surface area (TPSA) is 26.3 Å². The predicted octanol–water partition coefficient (Wildman–Crippen LogP) is 1.71. The second kappa shape index (κ2) is 3.70. The van der Waals surface area contributed by atoms with Gasteiger partial charge in [-0.05, 0) is 19.3 Å². The summed E-state index contributed by atoms with van der Waals surface area (Å²) in [6.07, 6.45) is 4.58. The first-order chi connectivity index (χ1) is 6.18. The predicted molar refractivity (Wildman–Crippen MR) is 54.1 cm³/mol. The van der Waals surface area contributed by atoms with Crippen LogP contribution in [0, 0.1) is 5.92 Å². The summed E-state index contributed by atoms with van der Waals surface area (Å²) < 4.78 is 17.3. The van der Waals surface area contributed by atoms with Gasteiger partial charge in [0.15, 0.2) is 0 Å². The molecule has 0 amide bonds. The molecular formula is C10H18O2S. The first-order valence-electron chi connectivity index (χ1n) is 5.21. The Kier molecular flexibility index (Phi) is 2.75. The molecule has 1 aliphatic carbocycles. The van der Waals surface area contributed by atoms with Crippen molar-refractivity contribution in [2.75, 3.05) is 5.75 Å². The van der Waals surface area contributed by atoms with E-state index in [-0.39, 0.29) is 0 Å². The van der Waals surface area contributed by atoms with Gasteiger partial charge in [0.25, 0.3) is 0 Å². The van der Waals surface area contributed by atoms with Gasteiger partial charge in [0.05, 0.1) is 12.2 Å². The van der Waals surface area contributed by atoms with Crippen LogP contribution in [0.2, 0.25) is 0 Å². The zero-order valence-electron chi connectivity index (χ0n) is 8.36. The molecule has 13 heavy (non-hydrogen) atoms. The van der Waals surface area contributed by atoms with Gasteiger partial charge in [-0.3, -0.25) is 4.21 Å². The molecule has 2 saturated heterocycles. The first-order valence-corrected chi connectivity index (χ1v) is 6.59. The van der Waals surface area contributed by atoms with Crippen LogP contribution in [0.1, 0.15) is 33.1 Å². The Balaban J connectivity index is 1.86. The molecule has 3 unspecified atom stereocenters. The molecule has 0 N–H and O–H groups in total. The third-order valence-electron chi connectivity index (χ3n) is 3.16. The Hall–Kier alpha value is 0.110. The van der Waals surface area contributed by atoms with Crippen LogP contribution in [0.15, 0.2) is 0 Å². The molecule has 0 radical (unpaired) electrons. The van der Waals surface area contributed by atoms with Crippen LogP contribution in [0.3, 0.4) is 0 Å². The normalized spacial score (nSPS) is 40.1. The van der Waals surface area contributed by atoms with Crippen LogP contribution in [0.4, 0.5) is 0 Å². The molecule has 0 aromatic rings. The number of fused-ring (bicyclic) bond motifs is 2. The minimum absolute atomic E-state index is 0.307. The van der Waals surface area contributed by atoms with Crippen molar-refractivity contribution in [3.8, 4) is 0 Å². The zero-order chi connectivity index (χ0) is 9.42. The number of rotatable bonds is 3. The lowest BCUT2D eigenvalue weighted by molar-refractivity contribution is -0.203. The molecule has 76 valence electrons. The Labute approximate surface area is 82.5 Å². The van der Waals surface area contributed by atoms with E-state index in [1.807, 2.05) is 13.8 Å². The average molecular weight is 202 g/mol. The highest BCUT2D eigenvalue weighted by atomic mass is 32.2. The fourth-order valence-corrected chi connectivity index (χ4v) is 3.45. The van der Waals surface area contributed by atoms with Gasteiger partial charge in [0, 0.05) is 27.7 Å². The highest BCUT2D eigenvalue weighted by Gasteiger charge is 2.45. The SMILES string of the molecule is CC(C)S(=O)CC1C2CCCC1O2. The molecule has 3 fully saturated rings. The standard InChI is InChI=1S/C10H18O2S/c1-7(2)13(11)6-8-9-4-3-5-10(8)12-9/h7-10H,3-6H2,1-2H3. The zero-order valence-corrected chi connectivity index (χ0v) is 9.18. The monoisotopic (exact) mass is 202 g/mol. The fourth-order valence-electron chi connectivity index (χ4n) is 2.26. The van der Waals surface area contributed by atoms with Gasteiger partial charge < -0.3 is 4.74 Å². The maximum Gasteiger partial charge on any atom is 0.0640 e. The van der Waals surface area contributed by atoms with Gasteiger partial charge in [0.2, 0.25) is 0 Å². The average Bonchev–Trinajstić information content (AvgIpc) is 2.14. The second-order valence-corrected chi connectivity index (χ2v) is 6.44. The highest BCUT2D eigenvalue weighted by molar-refractivity contribution is 7.85. The Morgan fingerprint density at radius 1 is 1.38 bits per heavy atom. The van der Waals surface area contributed by atoms with E-state index < -0.39 is 10.8 Å². The Morgan fingerprint density at radius 3 is 2.46 bits per heavy atom. The summed E-state index contributed by atoms with van der Waals surface area (Å²) in [6, 6.07) is 0. The van der Waals surface area contributed by atoms with Gasteiger partial charge in [-0.2, -0.15) is 0 Å². The van der Waals surface area contributed by atoms with Crippen molar-refractivity contribution in [2.24, 2.45) is 5.92 Å². The summed E-state index contributed by atoms with van der Waals surface area (Å²) in [4.78, 5) is 0. The summed E-state index contributed by atoms with van der Waals surface area (Å²) in [6.45, 7) is 4.07. The summed E-state index contributed by atoms with van der Waals surface area (Å²) in [5.74, 6) is 1.48. The van der Waals surface area contributed by atoms with E-state index in [1.165, 1.54) is 19.3 Å². The van der Waals surface area contributed by atoms with Crippen LogP contribution < -0.4 is 0 Å². The van der Waals surface area contributed by atoms with Crippen molar-refractivity contribution in [3.05, 3.63) is 0 Å². The van der Waals surface area contributed by atoms with Crippen LogP contribution >= 0.6 is 0 Å². The van der Waals surface area contributed by atoms with Crippen LogP contribution in [-0.4, -0.2) is 27.4 Å². The molecule has 0 aromatic carbocycles. The van der Waals surface area contributed by atoms with Gasteiger partial charge in [0.1, 0.15) is 0 Å². The van der Waals surface area contributed by atoms with Gasteiger partial charge in [-0.15, -0.1) is 0 Å². The van der Waals surface area contributed by atoms with E-state index in [0.717, 1.165) is 5.75 Å². The van der Waals surface area contributed by atoms with Crippen LogP contribution in [0.5, 0.6) is 0 Å². The summed E-state index contributed by atoms with van der Waals surface area (Å²) >= 11 is 0. The van der Waals surface area contributed by atoms with Gasteiger partial charge in [-0.25, -0.2) is 0 Å². The number of ether oxygens (including phenoxy) is 1. The third kappa shape index (κ3) is 1.82. The van der Waals surface area contributed by atoms with Crippen molar-refractivity contribution >= 4 is 10.8 Å². The van der Waals surface area contributed by atoms with Crippen molar-refractivity contribution < 1.29 is 8.95 Å². The van der Waals surface area contributed by atoms with Crippen molar-refractivity contribution in [3.63, 3.8) is 0 Å². The number of hydrogen-bond acceptors (Lipinski definition) is 2. The Morgan fingerprint density at radius 2 is 2.00 bits per heavy atom. The smallest absolute Gasteiger partial charge is 0.0640 e. The maximum atomic E-state index is 11.6. The third-order valence-corrected chi connectivity index (χ3v) is 4.93. The van der Waals surface area contributed by atoms with Crippen LogP contribution in [0.25, 0.3) is 0 Å². The van der Waals surface area contributed by atoms with E-state index in [4.69, 9.17) is 4.74 Å². The van der Waals surface area contributed by atoms with E-state index in [9.17, 15) is 4.21 Å². The highest BCUT2D eigenvalue weighted by Crippen LogP contribution is 2.40. The first kappa shape index (κ1) is 9.66. The lowest BCUT2D eigenvalue weighted by Gasteiger charge is -2.49. The molecule has 2 nitrogen and oxygen atoms in total. The minimum Gasteiger partial charge on any atom is -0.374 e. The molecule has 0 aromatic heterocycles. The summed E-state index contributed by atoms with van der Waals surface area (Å²) in [5, 5.41) is 0.307. The molecule has 3 rings (SSSR count). The molecule has 3 atom stereocenters. The van der Waals surface area contributed by atoms with E-state index in [2.05, 4.69) is 0 Å². The van der Waals surface area contributed by atoms with Gasteiger partial charge in [-0.1, -0.05) is 13.8 Å². The molecule has 2 aliphatic heterocycles. The molecule has 1 saturated carbocycles. The second-order valence-electron chi connectivity index (χ2n) is 4.40. The quantitative estimate of drug-likeness (QED) is 0.696. The van der Waals surface area contributed by atoms with Gasteiger partial charge >= 0.3 is 0 Å². The molecule has 3 heteroatoms. The van der Waals surface area contributed by atoms with E-state index in [1.54, 1.807) is 0 Å². The van der Waals surface area contributed by atoms with E-state index >= 15 is 0 Å². The lowest BCUT2D eigenvalue weighted by atomic mass is 9.79. The maximum absolute atomic E-state index is 11.6. The molecule has 0 spiro atoms. The van der Waals surface area contributed by atoms with Crippen molar-refractivity contribution in [1.82, 2.24) is 0 Å². The summed E-state index contributed by atoms with van der Waals surface area (Å²) in [7, 11) is -0.640. The van der Waals surface area contributed by atoms with Crippen LogP contribution in [-0.2, 0) is 15.5 Å². The van der Waals surface area contributed by atoms with Crippen molar-refractivity contribution in [1.29, 1.82) is 0 Å². The fraction of sp³-hybridized carbons (Fsp3) is 1.00.